The first-order valence-corrected chi connectivity index (χ1v) is 10.2. The quantitative estimate of drug-likeness (QED) is 0.400. The van der Waals surface area contributed by atoms with Gasteiger partial charge in [-0.1, -0.05) is 18.2 Å². The molecule has 5 N–H and O–H groups in total. The molecule has 3 rings (SSSR count). The molecule has 0 bridgehead atoms. The molecule has 0 radical (unpaired) electrons. The number of guanidine groups is 1. The van der Waals surface area contributed by atoms with Crippen molar-refractivity contribution >= 4 is 18.0 Å². The maximum Gasteiger partial charge on any atom is 0.437 e. The molecular formula is C21H25FN6O5. The Labute approximate surface area is 189 Å². The SMILES string of the molecule is NC(N)=NC(=O)OCc1cccc(-c2cnc(OCC3CCN(C(=O)CO)CC3)nc2)c1F. The highest BCUT2D eigenvalue weighted by atomic mass is 19.1. The summed E-state index contributed by atoms with van der Waals surface area (Å²) < 4.78 is 25.4. The molecule has 1 aliphatic heterocycles. The molecule has 1 aromatic heterocycles. The lowest BCUT2D eigenvalue weighted by atomic mass is 9.98. The van der Waals surface area contributed by atoms with E-state index in [-0.39, 0.29) is 35.6 Å². The van der Waals surface area contributed by atoms with E-state index in [2.05, 4.69) is 15.0 Å². The van der Waals surface area contributed by atoms with Crippen LogP contribution in [0, 0.1) is 11.7 Å². The standard InChI is InChI=1S/C21H25FN6O5/c22-18-14(12-33-21(31)27-19(23)24)2-1-3-16(18)15-8-25-20(26-9-15)32-11-13-4-6-28(7-5-13)17(30)10-29/h1-3,8-9,13,29H,4-7,10-12H2,(H4,23,24,27,31). The summed E-state index contributed by atoms with van der Waals surface area (Å²) in [5.41, 5.74) is 11.0. The van der Waals surface area contributed by atoms with E-state index in [1.165, 1.54) is 18.5 Å². The molecule has 0 atom stereocenters. The van der Waals surface area contributed by atoms with Crippen LogP contribution in [0.3, 0.4) is 0 Å². The number of carbonyl (C=O) groups excluding carboxylic acids is 2. The maximum atomic E-state index is 14.9. The topological polar surface area (TPSA) is 166 Å². The average molecular weight is 460 g/mol. The van der Waals surface area contributed by atoms with Crippen molar-refractivity contribution in [2.45, 2.75) is 19.4 Å². The number of likely N-dealkylation sites (tertiary alicyclic amines) is 1. The lowest BCUT2D eigenvalue weighted by Gasteiger charge is -2.31. The molecule has 1 aliphatic rings. The fourth-order valence-corrected chi connectivity index (χ4v) is 3.36. The summed E-state index contributed by atoms with van der Waals surface area (Å²) in [5.74, 6) is -1.06. The lowest BCUT2D eigenvalue weighted by Crippen LogP contribution is -2.41. The van der Waals surface area contributed by atoms with Gasteiger partial charge in [0.05, 0.1) is 6.61 Å². The molecule has 11 nitrogen and oxygen atoms in total. The number of aliphatic imine (C=N–C) groups is 1. The van der Waals surface area contributed by atoms with Crippen LogP contribution < -0.4 is 16.2 Å². The molecule has 0 spiro atoms. The summed E-state index contributed by atoms with van der Waals surface area (Å²) in [6.07, 6.45) is 3.39. The summed E-state index contributed by atoms with van der Waals surface area (Å²) in [6.45, 7) is 0.716. The summed E-state index contributed by atoms with van der Waals surface area (Å²) in [7, 11) is 0. The Bertz CT molecular complexity index is 1000. The Hall–Kier alpha value is -3.80. The number of carbonyl (C=O) groups is 2. The number of nitrogens with zero attached hydrogens (tertiary/aromatic N) is 4. The number of piperidine rings is 1. The van der Waals surface area contributed by atoms with Crippen LogP contribution in [0.2, 0.25) is 0 Å². The molecule has 33 heavy (non-hydrogen) atoms. The summed E-state index contributed by atoms with van der Waals surface area (Å²) in [6, 6.07) is 4.80. The minimum Gasteiger partial charge on any atom is -0.463 e. The first-order chi connectivity index (χ1) is 15.9. The normalized spacial score (nSPS) is 13.9. The van der Waals surface area contributed by atoms with Crippen LogP contribution >= 0.6 is 0 Å². The maximum absolute atomic E-state index is 14.9. The van der Waals surface area contributed by atoms with Crippen molar-refractivity contribution in [3.05, 3.63) is 42.0 Å². The van der Waals surface area contributed by atoms with Gasteiger partial charge in [0.1, 0.15) is 19.0 Å². The number of ether oxygens (including phenoxy) is 2. The van der Waals surface area contributed by atoms with Gasteiger partial charge in [-0.3, -0.25) is 4.79 Å². The Morgan fingerprint density at radius 1 is 1.21 bits per heavy atom. The number of rotatable bonds is 7. The number of hydrogen-bond acceptors (Lipinski definition) is 7. The average Bonchev–Trinajstić information content (AvgIpc) is 2.82. The zero-order valence-corrected chi connectivity index (χ0v) is 17.8. The van der Waals surface area contributed by atoms with E-state index in [9.17, 15) is 14.0 Å². The van der Waals surface area contributed by atoms with Crippen molar-refractivity contribution in [2.75, 3.05) is 26.3 Å². The number of amides is 2. The molecular weight excluding hydrogens is 435 g/mol. The number of aliphatic hydroxyl groups is 1. The van der Waals surface area contributed by atoms with E-state index in [1.54, 1.807) is 17.0 Å². The van der Waals surface area contributed by atoms with E-state index in [0.717, 1.165) is 12.8 Å². The van der Waals surface area contributed by atoms with Crippen molar-refractivity contribution in [2.24, 2.45) is 22.4 Å². The van der Waals surface area contributed by atoms with Crippen LogP contribution in [0.5, 0.6) is 6.01 Å². The molecule has 0 aliphatic carbocycles. The number of benzene rings is 1. The van der Waals surface area contributed by atoms with Gasteiger partial charge in [-0.2, -0.15) is 0 Å². The van der Waals surface area contributed by atoms with Crippen molar-refractivity contribution in [1.82, 2.24) is 14.9 Å². The molecule has 0 unspecified atom stereocenters. The second-order valence-electron chi connectivity index (χ2n) is 7.42. The van der Waals surface area contributed by atoms with Gasteiger partial charge in [0.25, 0.3) is 0 Å². The van der Waals surface area contributed by atoms with Crippen LogP contribution in [-0.4, -0.2) is 64.2 Å². The third kappa shape index (κ3) is 6.59. The minimum absolute atomic E-state index is 0.137. The van der Waals surface area contributed by atoms with Gasteiger partial charge in [0.15, 0.2) is 5.96 Å². The van der Waals surface area contributed by atoms with E-state index in [4.69, 9.17) is 26.0 Å². The Kier molecular flexibility index (Phi) is 8.08. The zero-order valence-electron chi connectivity index (χ0n) is 17.8. The highest BCUT2D eigenvalue weighted by Crippen LogP contribution is 2.25. The number of nitrogens with two attached hydrogens (primary N) is 2. The highest BCUT2D eigenvalue weighted by molar-refractivity contribution is 5.87. The Balaban J connectivity index is 1.56. The van der Waals surface area contributed by atoms with E-state index < -0.39 is 24.5 Å². The van der Waals surface area contributed by atoms with Crippen molar-refractivity contribution in [3.8, 4) is 17.1 Å². The van der Waals surface area contributed by atoms with E-state index >= 15 is 0 Å². The van der Waals surface area contributed by atoms with Crippen molar-refractivity contribution < 1.29 is 28.6 Å². The Morgan fingerprint density at radius 3 is 2.55 bits per heavy atom. The predicted molar refractivity (Wildman–Crippen MR) is 115 cm³/mol. The minimum atomic E-state index is -1.02. The number of hydrogen-bond donors (Lipinski definition) is 3. The highest BCUT2D eigenvalue weighted by Gasteiger charge is 2.23. The molecule has 2 aromatic rings. The van der Waals surface area contributed by atoms with Crippen LogP contribution in [-0.2, 0) is 16.1 Å². The van der Waals surface area contributed by atoms with Gasteiger partial charge in [0, 0.05) is 42.2 Å². The molecule has 0 saturated carbocycles. The zero-order chi connectivity index (χ0) is 23.8. The van der Waals surface area contributed by atoms with Gasteiger partial charge in [-0.05, 0) is 18.8 Å². The monoisotopic (exact) mass is 460 g/mol. The van der Waals surface area contributed by atoms with Crippen molar-refractivity contribution in [1.29, 1.82) is 0 Å². The smallest absolute Gasteiger partial charge is 0.437 e. The van der Waals surface area contributed by atoms with Gasteiger partial charge in [-0.25, -0.2) is 19.2 Å². The van der Waals surface area contributed by atoms with Crippen LogP contribution in [0.4, 0.5) is 9.18 Å². The van der Waals surface area contributed by atoms with Gasteiger partial charge in [0.2, 0.25) is 5.91 Å². The van der Waals surface area contributed by atoms with Crippen LogP contribution in [0.15, 0.2) is 35.6 Å². The second kappa shape index (κ2) is 11.2. The summed E-state index contributed by atoms with van der Waals surface area (Å²) >= 11 is 0. The fraction of sp³-hybridized carbons (Fsp3) is 0.381. The third-order valence-corrected chi connectivity index (χ3v) is 5.14. The van der Waals surface area contributed by atoms with Gasteiger partial charge >= 0.3 is 12.1 Å². The van der Waals surface area contributed by atoms with E-state index in [1.807, 2.05) is 0 Å². The first-order valence-electron chi connectivity index (χ1n) is 10.2. The predicted octanol–water partition coefficient (Wildman–Crippen LogP) is 0.802. The number of aromatic nitrogens is 2. The first kappa shape index (κ1) is 23.9. The van der Waals surface area contributed by atoms with Gasteiger partial charge < -0.3 is 30.9 Å². The third-order valence-electron chi connectivity index (χ3n) is 5.14. The lowest BCUT2D eigenvalue weighted by molar-refractivity contribution is -0.135. The largest absolute Gasteiger partial charge is 0.463 e. The fourth-order valence-electron chi connectivity index (χ4n) is 3.36. The molecule has 1 aromatic carbocycles. The second-order valence-corrected chi connectivity index (χ2v) is 7.42. The number of halogens is 1. The summed E-state index contributed by atoms with van der Waals surface area (Å²) in [4.78, 5) is 36.1. The Morgan fingerprint density at radius 2 is 1.91 bits per heavy atom. The molecule has 12 heteroatoms. The molecule has 176 valence electrons. The van der Waals surface area contributed by atoms with Crippen LogP contribution in [0.25, 0.3) is 11.1 Å². The summed E-state index contributed by atoms with van der Waals surface area (Å²) in [5, 5.41) is 8.93. The van der Waals surface area contributed by atoms with Gasteiger partial charge in [-0.15, -0.1) is 4.99 Å². The van der Waals surface area contributed by atoms with Crippen LogP contribution in [0.1, 0.15) is 18.4 Å². The number of aliphatic hydroxyl groups excluding tert-OH is 1. The molecule has 2 heterocycles. The molecule has 1 fully saturated rings. The van der Waals surface area contributed by atoms with Crippen molar-refractivity contribution in [3.63, 3.8) is 0 Å². The molecule has 2 amide bonds. The van der Waals surface area contributed by atoms with E-state index in [0.29, 0.717) is 25.3 Å². The molecule has 1 saturated heterocycles.